The number of pyridine rings is 1. The van der Waals surface area contributed by atoms with Crippen molar-refractivity contribution in [3.8, 4) is 22.4 Å². The van der Waals surface area contributed by atoms with Gasteiger partial charge >= 0.3 is 0 Å². The van der Waals surface area contributed by atoms with Crippen LogP contribution in [0.1, 0.15) is 34.1 Å². The summed E-state index contributed by atoms with van der Waals surface area (Å²) in [5.41, 5.74) is 0.957. The van der Waals surface area contributed by atoms with Crippen LogP contribution in [0, 0.1) is 29.4 Å². The highest BCUT2D eigenvalue weighted by Gasteiger charge is 2.28. The lowest BCUT2D eigenvalue weighted by atomic mass is 9.85. The number of hydrogen-bond acceptors (Lipinski definition) is 2. The van der Waals surface area contributed by atoms with E-state index in [4.69, 9.17) is 6.57 Å². The predicted molar refractivity (Wildman–Crippen MR) is 130 cm³/mol. The Morgan fingerprint density at radius 3 is 2.44 bits per heavy atom. The summed E-state index contributed by atoms with van der Waals surface area (Å²) < 4.78 is 44.4. The zero-order valence-electron chi connectivity index (χ0n) is 19.4. The fraction of sp³-hybridized carbons (Fsp3) is 0.259. The molecule has 0 aliphatic carbocycles. The normalized spacial score (nSPS) is 12.5. The quantitative estimate of drug-likeness (QED) is 0.294. The molecule has 2 heterocycles. The molecule has 0 unspecified atom stereocenters. The molecule has 0 bridgehead atoms. The molecule has 2 aromatic heterocycles. The highest BCUT2D eigenvalue weighted by molar-refractivity contribution is 6.01. The minimum absolute atomic E-state index is 0.00532. The number of fused-ring (bicyclic) bond motifs is 1. The Labute approximate surface area is 196 Å². The lowest BCUT2D eigenvalue weighted by Gasteiger charge is -2.31. The molecule has 0 aliphatic heterocycles. The van der Waals surface area contributed by atoms with Crippen LogP contribution in [0.25, 0.3) is 38.1 Å². The van der Waals surface area contributed by atoms with E-state index in [2.05, 4.69) is 20.1 Å². The Morgan fingerprint density at radius 2 is 1.82 bits per heavy atom. The van der Waals surface area contributed by atoms with Crippen LogP contribution in [0.15, 0.2) is 48.7 Å². The molecule has 0 aliphatic rings. The van der Waals surface area contributed by atoms with Gasteiger partial charge in [0.1, 0.15) is 11.6 Å². The third kappa shape index (κ3) is 4.12. The molecular weight excluding hydrogens is 437 g/mol. The minimum Gasteiger partial charge on any atom is -0.364 e. The van der Waals surface area contributed by atoms with Crippen molar-refractivity contribution in [2.75, 3.05) is 5.32 Å². The van der Waals surface area contributed by atoms with E-state index in [1.807, 2.05) is 27.7 Å². The van der Waals surface area contributed by atoms with Gasteiger partial charge < -0.3 is 10.3 Å². The van der Waals surface area contributed by atoms with Gasteiger partial charge in [-0.2, -0.15) is 0 Å². The molecule has 4 rings (SSSR count). The van der Waals surface area contributed by atoms with Crippen LogP contribution >= 0.6 is 0 Å². The molecule has 1 atom stereocenters. The molecule has 2 N–H and O–H groups in total. The maximum absolute atomic E-state index is 16.0. The first-order valence-electron chi connectivity index (χ1n) is 11.0. The van der Waals surface area contributed by atoms with E-state index >= 15 is 4.39 Å². The minimum atomic E-state index is -0.756. The van der Waals surface area contributed by atoms with E-state index in [9.17, 15) is 8.78 Å². The molecule has 2 aromatic carbocycles. The largest absolute Gasteiger partial charge is 0.364 e. The van der Waals surface area contributed by atoms with Gasteiger partial charge in [-0.05, 0) is 23.5 Å². The van der Waals surface area contributed by atoms with Crippen LogP contribution in [-0.4, -0.2) is 16.0 Å². The van der Waals surface area contributed by atoms with Crippen LogP contribution < -0.4 is 5.32 Å². The Hall–Kier alpha value is -3.79. The second kappa shape index (κ2) is 8.86. The van der Waals surface area contributed by atoms with Gasteiger partial charge in [-0.15, -0.1) is 0 Å². The molecule has 0 fully saturated rings. The van der Waals surface area contributed by atoms with E-state index in [1.54, 1.807) is 30.3 Å². The predicted octanol–water partition coefficient (Wildman–Crippen LogP) is 8.10. The summed E-state index contributed by atoms with van der Waals surface area (Å²) in [6.07, 6.45) is 2.19. The summed E-state index contributed by atoms with van der Waals surface area (Å²) in [6.45, 7) is 16.0. The number of benzene rings is 2. The Bertz CT molecular complexity index is 1400. The molecule has 34 heavy (non-hydrogen) atoms. The topological polar surface area (TPSA) is 45.1 Å². The second-order valence-electron chi connectivity index (χ2n) is 9.31. The van der Waals surface area contributed by atoms with Crippen LogP contribution in [0.5, 0.6) is 0 Å². The van der Waals surface area contributed by atoms with Gasteiger partial charge in [0.05, 0.1) is 17.8 Å². The third-order valence-electron chi connectivity index (χ3n) is 6.01. The summed E-state index contributed by atoms with van der Waals surface area (Å²) in [7, 11) is 0. The van der Waals surface area contributed by atoms with Gasteiger partial charge in [-0.3, -0.25) is 0 Å². The van der Waals surface area contributed by atoms with Crippen molar-refractivity contribution in [3.63, 3.8) is 0 Å². The number of nitrogens with one attached hydrogen (secondary N) is 2. The highest BCUT2D eigenvalue weighted by atomic mass is 19.1. The van der Waals surface area contributed by atoms with Crippen LogP contribution in [-0.2, 0) is 0 Å². The first kappa shape index (κ1) is 23.4. The van der Waals surface area contributed by atoms with Crippen molar-refractivity contribution in [1.82, 2.24) is 9.97 Å². The van der Waals surface area contributed by atoms with Gasteiger partial charge in [0, 0.05) is 34.8 Å². The number of rotatable bonds is 5. The standard InChI is InChI=1S/C27H25F3N4/c1-6-20(27(2,3)4)33-26-22(30)21(15-10-8-7-9-11-15)25(31-5)24(34-26)18-14-32-23-17(18)12-16(28)13-19(23)29/h7-14,20,32H,6H2,1-4H3,(H,33,34)/t20-/m0/s1. The molecule has 0 saturated carbocycles. The summed E-state index contributed by atoms with van der Waals surface area (Å²) in [6, 6.07) is 10.6. The highest BCUT2D eigenvalue weighted by Crippen LogP contribution is 2.44. The summed E-state index contributed by atoms with van der Waals surface area (Å²) in [5, 5.41) is 3.46. The Morgan fingerprint density at radius 1 is 1.12 bits per heavy atom. The van der Waals surface area contributed by atoms with E-state index in [1.165, 1.54) is 12.3 Å². The van der Waals surface area contributed by atoms with E-state index < -0.39 is 17.5 Å². The van der Waals surface area contributed by atoms with Crippen LogP contribution in [0.2, 0.25) is 0 Å². The average Bonchev–Trinajstić information content (AvgIpc) is 3.21. The van der Waals surface area contributed by atoms with Gasteiger partial charge in [-0.1, -0.05) is 58.0 Å². The third-order valence-corrected chi connectivity index (χ3v) is 6.01. The van der Waals surface area contributed by atoms with Crippen molar-refractivity contribution >= 4 is 22.4 Å². The SMILES string of the molecule is [C-]#[N+]c1c(-c2c[nH]c3c(F)cc(F)cc23)nc(N[C@@H](CC)C(C)(C)C)c(F)c1-c1ccccc1. The van der Waals surface area contributed by atoms with E-state index in [0.29, 0.717) is 17.5 Å². The fourth-order valence-electron chi connectivity index (χ4n) is 4.26. The van der Waals surface area contributed by atoms with Crippen molar-refractivity contribution < 1.29 is 13.2 Å². The van der Waals surface area contributed by atoms with Crippen LogP contribution in [0.4, 0.5) is 24.7 Å². The number of nitrogens with zero attached hydrogens (tertiary/aromatic N) is 2. The van der Waals surface area contributed by atoms with Gasteiger partial charge in [0.25, 0.3) is 0 Å². The number of halogens is 3. The number of H-pyrrole nitrogens is 1. The molecular formula is C27H25F3N4. The lowest BCUT2D eigenvalue weighted by molar-refractivity contribution is 0.332. The second-order valence-corrected chi connectivity index (χ2v) is 9.31. The maximum atomic E-state index is 16.0. The Balaban J connectivity index is 2.05. The first-order valence-corrected chi connectivity index (χ1v) is 11.0. The molecule has 0 radical (unpaired) electrons. The number of hydrogen-bond donors (Lipinski definition) is 2. The molecule has 0 amide bonds. The van der Waals surface area contributed by atoms with Crippen molar-refractivity contribution in [3.05, 3.63) is 77.5 Å². The summed E-state index contributed by atoms with van der Waals surface area (Å²) in [5.74, 6) is -2.15. The van der Waals surface area contributed by atoms with Crippen molar-refractivity contribution in [2.45, 2.75) is 40.2 Å². The van der Waals surface area contributed by atoms with E-state index in [0.717, 1.165) is 6.07 Å². The maximum Gasteiger partial charge on any atom is 0.223 e. The van der Waals surface area contributed by atoms with Crippen molar-refractivity contribution in [1.29, 1.82) is 0 Å². The molecule has 0 saturated heterocycles. The molecule has 0 spiro atoms. The number of aromatic nitrogens is 2. The number of aromatic amines is 1. The van der Waals surface area contributed by atoms with Gasteiger partial charge in [0.15, 0.2) is 11.6 Å². The summed E-state index contributed by atoms with van der Waals surface area (Å²) >= 11 is 0. The van der Waals surface area contributed by atoms with E-state index in [-0.39, 0.29) is 45.1 Å². The smallest absolute Gasteiger partial charge is 0.223 e. The van der Waals surface area contributed by atoms with Crippen molar-refractivity contribution in [2.24, 2.45) is 5.41 Å². The van der Waals surface area contributed by atoms with Gasteiger partial charge in [-0.25, -0.2) is 23.0 Å². The molecule has 7 heteroatoms. The number of anilines is 1. The molecule has 4 nitrogen and oxygen atoms in total. The lowest BCUT2D eigenvalue weighted by Crippen LogP contribution is -2.34. The van der Waals surface area contributed by atoms with Crippen LogP contribution in [0.3, 0.4) is 0 Å². The fourth-order valence-corrected chi connectivity index (χ4v) is 4.26. The summed E-state index contributed by atoms with van der Waals surface area (Å²) in [4.78, 5) is 10.9. The molecule has 4 aromatic rings. The monoisotopic (exact) mass is 462 g/mol. The zero-order valence-corrected chi connectivity index (χ0v) is 19.4. The molecule has 174 valence electrons. The zero-order chi connectivity index (χ0) is 24.6. The Kier molecular flexibility index (Phi) is 6.09. The van der Waals surface area contributed by atoms with Gasteiger partial charge in [0.2, 0.25) is 5.69 Å². The average molecular weight is 463 g/mol. The first-order chi connectivity index (χ1) is 16.2.